The maximum atomic E-state index is 3.67. The highest BCUT2D eigenvalue weighted by atomic mass is 79.9. The van der Waals surface area contributed by atoms with Crippen molar-refractivity contribution in [2.45, 2.75) is 19.4 Å². The van der Waals surface area contributed by atoms with Crippen LogP contribution in [-0.4, -0.2) is 6.54 Å². The maximum Gasteiger partial charge on any atom is 0.0372 e. The number of hydrogen-bond acceptors (Lipinski definition) is 1. The average Bonchev–Trinajstić information content (AvgIpc) is 2.38. The summed E-state index contributed by atoms with van der Waals surface area (Å²) in [5.41, 5.74) is 2.61. The Bertz CT molecular complexity index is 584. The van der Waals surface area contributed by atoms with Crippen molar-refractivity contribution in [1.82, 2.24) is 5.32 Å². The van der Waals surface area contributed by atoms with Crippen molar-refractivity contribution < 1.29 is 0 Å². The van der Waals surface area contributed by atoms with Crippen molar-refractivity contribution in [1.29, 1.82) is 0 Å². The molecule has 1 atom stereocenters. The fourth-order valence-corrected chi connectivity index (χ4v) is 3.99. The standard InChI is InChI=1S/C16H16Br3N/c1-2-20-16(9-11-4-3-5-12(17)8-11)14-7-6-13(18)10-15(14)19/h3-8,10,16,20H,2,9H2,1H3. The van der Waals surface area contributed by atoms with E-state index >= 15 is 0 Å². The van der Waals surface area contributed by atoms with E-state index in [-0.39, 0.29) is 0 Å². The van der Waals surface area contributed by atoms with E-state index in [1.54, 1.807) is 0 Å². The molecule has 20 heavy (non-hydrogen) atoms. The molecule has 0 fully saturated rings. The summed E-state index contributed by atoms with van der Waals surface area (Å²) in [5.74, 6) is 0. The first kappa shape index (κ1) is 16.2. The second-order valence-electron chi connectivity index (χ2n) is 4.61. The van der Waals surface area contributed by atoms with Gasteiger partial charge < -0.3 is 5.32 Å². The van der Waals surface area contributed by atoms with Crippen LogP contribution in [0.1, 0.15) is 24.1 Å². The van der Waals surface area contributed by atoms with E-state index in [1.165, 1.54) is 11.1 Å². The SMILES string of the molecule is CCNC(Cc1cccc(Br)c1)c1ccc(Br)cc1Br. The van der Waals surface area contributed by atoms with E-state index in [9.17, 15) is 0 Å². The van der Waals surface area contributed by atoms with E-state index in [0.29, 0.717) is 6.04 Å². The van der Waals surface area contributed by atoms with Gasteiger partial charge in [0.05, 0.1) is 0 Å². The molecule has 0 amide bonds. The molecule has 0 saturated heterocycles. The number of halogens is 3. The summed E-state index contributed by atoms with van der Waals surface area (Å²) in [6, 6.07) is 15.1. The van der Waals surface area contributed by atoms with Crippen molar-refractivity contribution >= 4 is 47.8 Å². The number of hydrogen-bond donors (Lipinski definition) is 1. The predicted molar refractivity (Wildman–Crippen MR) is 96.1 cm³/mol. The molecule has 0 aliphatic heterocycles. The Morgan fingerprint density at radius 2 is 1.75 bits per heavy atom. The fourth-order valence-electron chi connectivity index (χ4n) is 2.22. The van der Waals surface area contributed by atoms with Crippen LogP contribution < -0.4 is 5.32 Å². The zero-order valence-electron chi connectivity index (χ0n) is 11.2. The van der Waals surface area contributed by atoms with Gasteiger partial charge in [-0.25, -0.2) is 0 Å². The van der Waals surface area contributed by atoms with Crippen LogP contribution in [0.2, 0.25) is 0 Å². The lowest BCUT2D eigenvalue weighted by molar-refractivity contribution is 0.548. The first-order valence-electron chi connectivity index (χ1n) is 6.53. The van der Waals surface area contributed by atoms with Crippen molar-refractivity contribution in [3.8, 4) is 0 Å². The largest absolute Gasteiger partial charge is 0.310 e. The molecule has 0 radical (unpaired) electrons. The Balaban J connectivity index is 2.26. The van der Waals surface area contributed by atoms with E-state index in [4.69, 9.17) is 0 Å². The topological polar surface area (TPSA) is 12.0 Å². The molecule has 0 spiro atoms. The second-order valence-corrected chi connectivity index (χ2v) is 7.30. The minimum absolute atomic E-state index is 0.303. The van der Waals surface area contributed by atoms with Crippen molar-refractivity contribution in [3.63, 3.8) is 0 Å². The molecule has 0 heterocycles. The Kier molecular flexibility index (Phi) is 6.27. The Morgan fingerprint density at radius 3 is 2.40 bits per heavy atom. The highest BCUT2D eigenvalue weighted by Crippen LogP contribution is 2.29. The molecule has 1 N–H and O–H groups in total. The summed E-state index contributed by atoms with van der Waals surface area (Å²) in [7, 11) is 0. The Hall–Kier alpha value is -0.160. The smallest absolute Gasteiger partial charge is 0.0372 e. The third-order valence-corrected chi connectivity index (χ3v) is 4.79. The minimum Gasteiger partial charge on any atom is -0.310 e. The van der Waals surface area contributed by atoms with E-state index in [0.717, 1.165) is 26.4 Å². The molecule has 4 heteroatoms. The molecule has 0 aromatic heterocycles. The molecule has 2 rings (SSSR count). The predicted octanol–water partition coefficient (Wildman–Crippen LogP) is 5.87. The first-order valence-corrected chi connectivity index (χ1v) is 8.91. The van der Waals surface area contributed by atoms with Crippen LogP contribution in [-0.2, 0) is 6.42 Å². The highest BCUT2D eigenvalue weighted by molar-refractivity contribution is 9.11. The monoisotopic (exact) mass is 459 g/mol. The summed E-state index contributed by atoms with van der Waals surface area (Å²) in [6.45, 7) is 3.09. The Morgan fingerprint density at radius 1 is 1.00 bits per heavy atom. The summed E-state index contributed by atoms with van der Waals surface area (Å²) in [4.78, 5) is 0. The number of likely N-dealkylation sites (N-methyl/N-ethyl adjacent to an activating group) is 1. The Labute approximate surface area is 145 Å². The van der Waals surface area contributed by atoms with E-state index in [2.05, 4.69) is 102 Å². The van der Waals surface area contributed by atoms with Gasteiger partial charge in [0.15, 0.2) is 0 Å². The fraction of sp³-hybridized carbons (Fsp3) is 0.250. The average molecular weight is 462 g/mol. The van der Waals surface area contributed by atoms with Gasteiger partial charge in [-0.2, -0.15) is 0 Å². The molecular weight excluding hydrogens is 446 g/mol. The molecule has 0 bridgehead atoms. The third-order valence-electron chi connectivity index (χ3n) is 3.12. The van der Waals surface area contributed by atoms with Gasteiger partial charge in [0.25, 0.3) is 0 Å². The van der Waals surface area contributed by atoms with Crippen LogP contribution in [0.25, 0.3) is 0 Å². The van der Waals surface area contributed by atoms with Crippen LogP contribution in [0.5, 0.6) is 0 Å². The molecule has 1 nitrogen and oxygen atoms in total. The van der Waals surface area contributed by atoms with Crippen LogP contribution in [0, 0.1) is 0 Å². The number of rotatable bonds is 5. The van der Waals surface area contributed by atoms with E-state index in [1.807, 2.05) is 0 Å². The van der Waals surface area contributed by atoms with Gasteiger partial charge in [-0.3, -0.25) is 0 Å². The van der Waals surface area contributed by atoms with Crippen LogP contribution in [0.3, 0.4) is 0 Å². The molecule has 0 saturated carbocycles. The molecule has 0 aliphatic rings. The molecule has 2 aromatic rings. The zero-order chi connectivity index (χ0) is 14.5. The van der Waals surface area contributed by atoms with Crippen LogP contribution in [0.4, 0.5) is 0 Å². The lowest BCUT2D eigenvalue weighted by atomic mass is 9.99. The summed E-state index contributed by atoms with van der Waals surface area (Å²) < 4.78 is 3.35. The molecule has 1 unspecified atom stereocenters. The van der Waals surface area contributed by atoms with Crippen molar-refractivity contribution in [2.75, 3.05) is 6.54 Å². The van der Waals surface area contributed by atoms with Gasteiger partial charge in [-0.05, 0) is 48.4 Å². The van der Waals surface area contributed by atoms with Gasteiger partial charge in [-0.1, -0.05) is 72.9 Å². The van der Waals surface area contributed by atoms with Crippen LogP contribution >= 0.6 is 47.8 Å². The van der Waals surface area contributed by atoms with Gasteiger partial charge in [0, 0.05) is 19.5 Å². The van der Waals surface area contributed by atoms with Gasteiger partial charge in [0.1, 0.15) is 0 Å². The van der Waals surface area contributed by atoms with Gasteiger partial charge in [0.2, 0.25) is 0 Å². The summed E-state index contributed by atoms with van der Waals surface area (Å²) in [6.07, 6.45) is 0.966. The van der Waals surface area contributed by atoms with Crippen molar-refractivity contribution in [3.05, 3.63) is 67.0 Å². The van der Waals surface area contributed by atoms with Crippen molar-refractivity contribution in [2.24, 2.45) is 0 Å². The summed E-state index contributed by atoms with van der Waals surface area (Å²) >= 11 is 10.7. The maximum absolute atomic E-state index is 3.67. The van der Waals surface area contributed by atoms with E-state index < -0.39 is 0 Å². The molecule has 0 aliphatic carbocycles. The number of benzene rings is 2. The molecular formula is C16H16Br3N. The molecule has 106 valence electrons. The van der Waals surface area contributed by atoms with Gasteiger partial charge in [-0.15, -0.1) is 0 Å². The number of nitrogens with one attached hydrogen (secondary N) is 1. The quantitative estimate of drug-likeness (QED) is 0.587. The second kappa shape index (κ2) is 7.74. The first-order chi connectivity index (χ1) is 9.60. The van der Waals surface area contributed by atoms with Gasteiger partial charge >= 0.3 is 0 Å². The minimum atomic E-state index is 0.303. The molecule has 2 aromatic carbocycles. The lowest BCUT2D eigenvalue weighted by Gasteiger charge is -2.20. The third kappa shape index (κ3) is 4.42. The summed E-state index contributed by atoms with van der Waals surface area (Å²) in [5, 5.41) is 3.57. The zero-order valence-corrected chi connectivity index (χ0v) is 15.9. The lowest BCUT2D eigenvalue weighted by Crippen LogP contribution is -2.23. The van der Waals surface area contributed by atoms with Crippen LogP contribution in [0.15, 0.2) is 55.9 Å². The highest BCUT2D eigenvalue weighted by Gasteiger charge is 2.14. The normalized spacial score (nSPS) is 12.4.